The number of carbonyl (C=O) groups is 4. The van der Waals surface area contributed by atoms with E-state index in [4.69, 9.17) is 20.2 Å². The van der Waals surface area contributed by atoms with Crippen LogP contribution >= 0.6 is 11.8 Å². The first-order valence-corrected chi connectivity index (χ1v) is 20.6. The Morgan fingerprint density at radius 2 is 1.67 bits per heavy atom. The molecule has 4 rings (SSSR count). The fraction of sp³-hybridized carbons (Fsp3) is 0.500. The first-order valence-electron chi connectivity index (χ1n) is 19.5. The molecular weight excluding hydrogens is 755 g/mol. The van der Waals surface area contributed by atoms with E-state index in [2.05, 4.69) is 5.32 Å². The molecule has 0 bridgehead atoms. The lowest BCUT2D eigenvalue weighted by Gasteiger charge is -2.40. The number of hydrogen-bond donors (Lipinski definition) is 2. The molecule has 0 radical (unpaired) electrons. The Hall–Kier alpha value is -4.44. The number of ether oxygens (including phenoxy) is 2. The van der Waals surface area contributed by atoms with Gasteiger partial charge in [-0.2, -0.15) is 11.8 Å². The van der Waals surface area contributed by atoms with Crippen molar-refractivity contribution >= 4 is 35.4 Å². The van der Waals surface area contributed by atoms with E-state index in [-0.39, 0.29) is 48.1 Å². The third kappa shape index (κ3) is 14.5. The van der Waals surface area contributed by atoms with Crippen LogP contribution in [0.15, 0.2) is 66.9 Å². The van der Waals surface area contributed by atoms with E-state index in [0.717, 1.165) is 53.7 Å². The highest BCUT2D eigenvalue weighted by molar-refractivity contribution is 7.99. The maximum Gasteiger partial charge on any atom is 0.253 e. The zero-order chi connectivity index (χ0) is 41.2. The number of nitrogens with one attached hydrogen (secondary N) is 1. The van der Waals surface area contributed by atoms with Gasteiger partial charge in [-0.1, -0.05) is 57.5 Å². The summed E-state index contributed by atoms with van der Waals surface area (Å²) in [5, 5.41) is 2.85. The van der Waals surface area contributed by atoms with Crippen LogP contribution in [-0.4, -0.2) is 107 Å². The highest BCUT2D eigenvalue weighted by Gasteiger charge is 2.38. The first kappa shape index (κ1) is 45.3. The van der Waals surface area contributed by atoms with Gasteiger partial charge in [0.2, 0.25) is 11.8 Å². The number of amides is 4. The summed E-state index contributed by atoms with van der Waals surface area (Å²) >= 11 is 1.55. The van der Waals surface area contributed by atoms with E-state index in [1.54, 1.807) is 18.0 Å². The minimum atomic E-state index is -0.582. The number of thioether (sulfide) groups is 1. The normalized spacial score (nSPS) is 13.4. The summed E-state index contributed by atoms with van der Waals surface area (Å²) < 4.78 is 42.1. The monoisotopic (exact) mass is 810 g/mol. The number of benzene rings is 2. The van der Waals surface area contributed by atoms with E-state index < -0.39 is 23.1 Å². The van der Waals surface area contributed by atoms with Crippen molar-refractivity contribution in [1.29, 1.82) is 0 Å². The van der Waals surface area contributed by atoms with Gasteiger partial charge >= 0.3 is 0 Å². The Labute approximate surface area is 338 Å². The first-order chi connectivity index (χ1) is 27.4. The number of imide groups is 1. The van der Waals surface area contributed by atoms with E-state index in [1.165, 1.54) is 12.2 Å². The molecule has 15 heteroatoms. The van der Waals surface area contributed by atoms with E-state index in [0.29, 0.717) is 70.4 Å². The van der Waals surface area contributed by atoms with Gasteiger partial charge in [0.15, 0.2) is 0 Å². The Bertz CT molecular complexity index is 1780. The van der Waals surface area contributed by atoms with E-state index >= 15 is 4.39 Å². The van der Waals surface area contributed by atoms with Gasteiger partial charge in [-0.05, 0) is 60.7 Å². The molecule has 2 aromatic carbocycles. The number of halogens is 2. The van der Waals surface area contributed by atoms with Crippen LogP contribution < -0.4 is 11.1 Å². The Kier molecular flexibility index (Phi) is 18.3. The molecule has 3 N–H and O–H groups in total. The third-order valence-electron chi connectivity index (χ3n) is 9.23. The summed E-state index contributed by atoms with van der Waals surface area (Å²) in [5.74, 6) is -0.342. The van der Waals surface area contributed by atoms with Crippen LogP contribution in [0, 0.1) is 17.0 Å². The molecule has 2 heterocycles. The summed E-state index contributed by atoms with van der Waals surface area (Å²) in [4.78, 5) is 57.2. The number of rotatable bonds is 25. The second-order valence-corrected chi connectivity index (χ2v) is 15.9. The molecule has 0 aliphatic carbocycles. The van der Waals surface area contributed by atoms with Crippen LogP contribution in [0.4, 0.5) is 8.78 Å². The number of carbonyl (C=O) groups excluding carboxylic acids is 4. The predicted octanol–water partition coefficient (Wildman–Crippen LogP) is 5.51. The number of imidazole rings is 1. The van der Waals surface area contributed by atoms with Crippen molar-refractivity contribution in [2.45, 2.75) is 65.5 Å². The van der Waals surface area contributed by atoms with Crippen LogP contribution in [0.1, 0.15) is 70.3 Å². The zero-order valence-corrected chi connectivity index (χ0v) is 34.0. The molecular formula is C42H56F2N6O6S. The summed E-state index contributed by atoms with van der Waals surface area (Å²) in [6, 6.07) is 12.6. The number of nitrogens with zero attached hydrogens (tertiary/aromatic N) is 4. The number of unbranched alkanes of at least 4 members (excludes halogenated alkanes) is 2. The largest absolute Gasteiger partial charge is 0.377 e. The molecule has 57 heavy (non-hydrogen) atoms. The molecule has 1 aliphatic heterocycles. The van der Waals surface area contributed by atoms with Crippen molar-refractivity contribution in [2.75, 3.05) is 64.1 Å². The average Bonchev–Trinajstić information content (AvgIpc) is 3.73. The molecule has 3 aromatic rings. The molecule has 1 atom stereocenters. The van der Waals surface area contributed by atoms with E-state index in [1.807, 2.05) is 60.6 Å². The van der Waals surface area contributed by atoms with Crippen LogP contribution in [0.2, 0.25) is 0 Å². The second-order valence-electron chi connectivity index (χ2n) is 14.8. The number of hydrogen-bond acceptors (Lipinski definition) is 9. The molecule has 0 spiro atoms. The molecule has 1 unspecified atom stereocenters. The fourth-order valence-corrected chi connectivity index (χ4v) is 7.31. The summed E-state index contributed by atoms with van der Waals surface area (Å²) in [5.41, 5.74) is 6.81. The summed E-state index contributed by atoms with van der Waals surface area (Å²) in [6.45, 7) is 9.16. The van der Waals surface area contributed by atoms with Gasteiger partial charge in [-0.3, -0.25) is 24.1 Å². The van der Waals surface area contributed by atoms with Gasteiger partial charge in [-0.15, -0.1) is 0 Å². The molecule has 0 saturated heterocycles. The van der Waals surface area contributed by atoms with Crippen molar-refractivity contribution in [1.82, 2.24) is 24.7 Å². The average molecular weight is 811 g/mol. The predicted molar refractivity (Wildman–Crippen MR) is 217 cm³/mol. The lowest BCUT2D eigenvalue weighted by molar-refractivity contribution is -0.138. The van der Waals surface area contributed by atoms with Crippen LogP contribution in [0.25, 0.3) is 11.3 Å². The quantitative estimate of drug-likeness (QED) is 0.0835. The van der Waals surface area contributed by atoms with Gasteiger partial charge in [0, 0.05) is 50.0 Å². The van der Waals surface area contributed by atoms with Gasteiger partial charge in [0.1, 0.15) is 17.5 Å². The number of aromatic nitrogens is 2. The maximum atomic E-state index is 15.0. The van der Waals surface area contributed by atoms with Crippen molar-refractivity contribution in [3.8, 4) is 11.3 Å². The Balaban J connectivity index is 1.23. The highest BCUT2D eigenvalue weighted by atomic mass is 32.2. The molecule has 0 saturated carbocycles. The minimum absolute atomic E-state index is 0.0519. The molecule has 310 valence electrons. The lowest BCUT2D eigenvalue weighted by atomic mass is 9.84. The second kappa shape index (κ2) is 23.1. The van der Waals surface area contributed by atoms with Crippen molar-refractivity contribution in [3.63, 3.8) is 0 Å². The van der Waals surface area contributed by atoms with Crippen molar-refractivity contribution in [2.24, 2.45) is 11.1 Å². The SMILES string of the molecule is CC(C)(C)C(c1nc(-c2cc(F)ccc2F)cn1Cc1ccccc1)N(CCCN)C(=O)CSCCCCCC(=O)NCCOCCOCCN1C(=O)C=CC1=O. The molecule has 0 fully saturated rings. The summed E-state index contributed by atoms with van der Waals surface area (Å²) in [6.07, 6.45) is 7.60. The van der Waals surface area contributed by atoms with Crippen LogP contribution in [0.5, 0.6) is 0 Å². The van der Waals surface area contributed by atoms with Gasteiger partial charge in [0.25, 0.3) is 11.8 Å². The lowest BCUT2D eigenvalue weighted by Crippen LogP contribution is -2.44. The van der Waals surface area contributed by atoms with Crippen LogP contribution in [-0.2, 0) is 35.2 Å². The molecule has 1 aromatic heterocycles. The number of nitrogens with two attached hydrogens (primary N) is 1. The standard InChI is InChI=1S/C42H56F2N6O6S/c1-42(2,3)40(41-47-35(33-27-32(43)14-15-34(33)44)29-48(41)28-31-11-6-4-7-12-31)50(20-10-18-45)39(54)30-57-26-9-5-8-13-36(51)46-19-22-55-24-25-56-23-21-49-37(52)16-17-38(49)53/h4,6-7,11-12,14-17,27,29,40H,5,8-10,13,18-26,28,30,45H2,1-3H3,(H,46,51). The molecule has 4 amide bonds. The molecule has 1 aliphatic rings. The Morgan fingerprint density at radius 1 is 0.947 bits per heavy atom. The minimum Gasteiger partial charge on any atom is -0.377 e. The van der Waals surface area contributed by atoms with Gasteiger partial charge in [-0.25, -0.2) is 13.8 Å². The molecule has 12 nitrogen and oxygen atoms in total. The Morgan fingerprint density at radius 3 is 2.37 bits per heavy atom. The smallest absolute Gasteiger partial charge is 0.253 e. The van der Waals surface area contributed by atoms with Gasteiger partial charge < -0.3 is 30.0 Å². The van der Waals surface area contributed by atoms with E-state index in [9.17, 15) is 23.6 Å². The topological polar surface area (TPSA) is 149 Å². The van der Waals surface area contributed by atoms with Crippen molar-refractivity contribution in [3.05, 3.63) is 89.9 Å². The fourth-order valence-electron chi connectivity index (χ4n) is 6.42. The third-order valence-corrected chi connectivity index (χ3v) is 10.3. The van der Waals surface area contributed by atoms with Crippen molar-refractivity contribution < 1.29 is 37.4 Å². The maximum absolute atomic E-state index is 15.0. The van der Waals surface area contributed by atoms with Crippen LogP contribution in [0.3, 0.4) is 0 Å². The highest BCUT2D eigenvalue weighted by Crippen LogP contribution is 2.40. The zero-order valence-electron chi connectivity index (χ0n) is 33.2. The van der Waals surface area contributed by atoms with Gasteiger partial charge in [0.05, 0.1) is 50.5 Å². The summed E-state index contributed by atoms with van der Waals surface area (Å²) in [7, 11) is 0.